The fourth-order valence-electron chi connectivity index (χ4n) is 1.64. The molecule has 0 spiro atoms. The molecule has 0 aliphatic carbocycles. The third-order valence-corrected chi connectivity index (χ3v) is 3.43. The normalized spacial score (nSPS) is 21.5. The molecule has 80 valence electrons. The van der Waals surface area contributed by atoms with Gasteiger partial charge in [-0.15, -0.1) is 11.3 Å². The van der Waals surface area contributed by atoms with Gasteiger partial charge >= 0.3 is 0 Å². The second-order valence-electron chi connectivity index (χ2n) is 3.73. The van der Waals surface area contributed by atoms with E-state index in [0.29, 0.717) is 19.3 Å². The maximum absolute atomic E-state index is 11.5. The molecule has 1 aromatic rings. The Labute approximate surface area is 91.7 Å². The highest BCUT2D eigenvalue weighted by Crippen LogP contribution is 2.20. The van der Waals surface area contributed by atoms with Gasteiger partial charge in [0.05, 0.1) is 5.01 Å². The average molecular weight is 224 g/mol. The summed E-state index contributed by atoms with van der Waals surface area (Å²) in [5, 5.41) is 5.30. The minimum Gasteiger partial charge on any atom is -0.296 e. The second kappa shape index (κ2) is 4.10. The number of nitrogens with one attached hydrogen (secondary N) is 1. The van der Waals surface area contributed by atoms with Crippen LogP contribution in [0.15, 0.2) is 5.38 Å². The summed E-state index contributed by atoms with van der Waals surface area (Å²) in [6, 6.07) is 0. The van der Waals surface area contributed by atoms with E-state index in [9.17, 15) is 9.59 Å². The van der Waals surface area contributed by atoms with Crippen LogP contribution in [-0.4, -0.2) is 16.8 Å². The zero-order valence-electron chi connectivity index (χ0n) is 8.45. The quantitative estimate of drug-likeness (QED) is 0.764. The molecular formula is C10H12N2O2S. The summed E-state index contributed by atoms with van der Waals surface area (Å²) in [5.74, 6) is -0.404. The predicted molar refractivity (Wildman–Crippen MR) is 56.4 cm³/mol. The SMILES string of the molecule is Cc1csc(CC2CCC(=O)NC2=O)n1. The van der Waals surface area contributed by atoms with Gasteiger partial charge in [-0.05, 0) is 13.3 Å². The van der Waals surface area contributed by atoms with Crippen LogP contribution in [0.1, 0.15) is 23.5 Å². The number of aromatic nitrogens is 1. The predicted octanol–water partition coefficient (Wildman–Crippen LogP) is 1.05. The number of carbonyl (C=O) groups is 2. The third kappa shape index (κ3) is 2.41. The summed E-state index contributed by atoms with van der Waals surface area (Å²) in [6.45, 7) is 1.93. The molecule has 1 atom stereocenters. The highest BCUT2D eigenvalue weighted by atomic mass is 32.1. The summed E-state index contributed by atoms with van der Waals surface area (Å²) >= 11 is 1.57. The van der Waals surface area contributed by atoms with Gasteiger partial charge in [0.1, 0.15) is 0 Å². The van der Waals surface area contributed by atoms with Crippen LogP contribution < -0.4 is 5.32 Å². The number of thiazole rings is 1. The molecule has 0 saturated carbocycles. The molecule has 1 aliphatic rings. The minimum atomic E-state index is -0.161. The van der Waals surface area contributed by atoms with Gasteiger partial charge in [-0.3, -0.25) is 14.9 Å². The molecule has 1 unspecified atom stereocenters. The molecule has 1 saturated heterocycles. The van der Waals surface area contributed by atoms with Gasteiger partial charge in [0.25, 0.3) is 0 Å². The fourth-order valence-corrected chi connectivity index (χ4v) is 2.49. The molecule has 2 rings (SSSR count). The van der Waals surface area contributed by atoms with Crippen LogP contribution in [0, 0.1) is 12.8 Å². The van der Waals surface area contributed by atoms with Gasteiger partial charge in [0, 0.05) is 29.8 Å². The second-order valence-corrected chi connectivity index (χ2v) is 4.68. The Bertz CT molecular complexity index is 400. The van der Waals surface area contributed by atoms with E-state index >= 15 is 0 Å². The van der Waals surface area contributed by atoms with Crippen molar-refractivity contribution in [2.45, 2.75) is 26.2 Å². The van der Waals surface area contributed by atoms with Crippen molar-refractivity contribution in [2.75, 3.05) is 0 Å². The Morgan fingerprint density at radius 2 is 2.40 bits per heavy atom. The van der Waals surface area contributed by atoms with E-state index in [4.69, 9.17) is 0 Å². The number of piperidine rings is 1. The van der Waals surface area contributed by atoms with Crippen molar-refractivity contribution in [3.8, 4) is 0 Å². The first-order valence-corrected chi connectivity index (χ1v) is 5.78. The van der Waals surface area contributed by atoms with Crippen LogP contribution in [0.25, 0.3) is 0 Å². The van der Waals surface area contributed by atoms with Gasteiger partial charge in [-0.1, -0.05) is 0 Å². The molecule has 2 amide bonds. The van der Waals surface area contributed by atoms with E-state index in [-0.39, 0.29) is 17.7 Å². The van der Waals surface area contributed by atoms with Gasteiger partial charge in [-0.25, -0.2) is 4.98 Å². The summed E-state index contributed by atoms with van der Waals surface area (Å²) in [7, 11) is 0. The van der Waals surface area contributed by atoms with E-state index in [2.05, 4.69) is 10.3 Å². The number of nitrogens with zero attached hydrogens (tertiary/aromatic N) is 1. The first-order chi connectivity index (χ1) is 7.15. The number of carbonyl (C=O) groups excluding carboxylic acids is 2. The Balaban J connectivity index is 2.00. The maximum atomic E-state index is 11.5. The molecule has 1 aliphatic heterocycles. The Hall–Kier alpha value is -1.23. The van der Waals surface area contributed by atoms with Gasteiger partial charge in [0.2, 0.25) is 11.8 Å². The van der Waals surface area contributed by atoms with Gasteiger partial charge < -0.3 is 0 Å². The first kappa shape index (κ1) is 10.3. The van der Waals surface area contributed by atoms with Crippen molar-refractivity contribution in [2.24, 2.45) is 5.92 Å². The lowest BCUT2D eigenvalue weighted by Gasteiger charge is -2.19. The lowest BCUT2D eigenvalue weighted by Crippen LogP contribution is -2.41. The highest BCUT2D eigenvalue weighted by Gasteiger charge is 2.27. The zero-order valence-corrected chi connectivity index (χ0v) is 9.26. The van der Waals surface area contributed by atoms with Crippen LogP contribution in [0.5, 0.6) is 0 Å². The number of imide groups is 1. The lowest BCUT2D eigenvalue weighted by atomic mass is 9.95. The lowest BCUT2D eigenvalue weighted by molar-refractivity contribution is -0.136. The largest absolute Gasteiger partial charge is 0.296 e. The molecular weight excluding hydrogens is 212 g/mol. The van der Waals surface area contributed by atoms with E-state index in [0.717, 1.165) is 10.7 Å². The fraction of sp³-hybridized carbons (Fsp3) is 0.500. The molecule has 4 nitrogen and oxygen atoms in total. The number of aryl methyl sites for hydroxylation is 1. The van der Waals surface area contributed by atoms with Crippen molar-refractivity contribution in [3.05, 3.63) is 16.1 Å². The van der Waals surface area contributed by atoms with E-state index in [1.807, 2.05) is 12.3 Å². The van der Waals surface area contributed by atoms with E-state index in [1.165, 1.54) is 0 Å². The van der Waals surface area contributed by atoms with Gasteiger partial charge in [-0.2, -0.15) is 0 Å². The molecule has 0 aromatic carbocycles. The summed E-state index contributed by atoms with van der Waals surface area (Å²) < 4.78 is 0. The van der Waals surface area contributed by atoms with Crippen LogP contribution in [0.3, 0.4) is 0 Å². The van der Waals surface area contributed by atoms with Crippen LogP contribution in [-0.2, 0) is 16.0 Å². The topological polar surface area (TPSA) is 59.1 Å². The van der Waals surface area contributed by atoms with Crippen molar-refractivity contribution < 1.29 is 9.59 Å². The molecule has 1 aromatic heterocycles. The summed E-state index contributed by atoms with van der Waals surface area (Å²) in [6.07, 6.45) is 1.74. The van der Waals surface area contributed by atoms with Crippen molar-refractivity contribution >= 4 is 23.2 Å². The summed E-state index contributed by atoms with van der Waals surface area (Å²) in [5.41, 5.74) is 0.988. The molecule has 0 radical (unpaired) electrons. The highest BCUT2D eigenvalue weighted by molar-refractivity contribution is 7.09. The minimum absolute atomic E-state index is 0.0896. The Morgan fingerprint density at radius 3 is 3.00 bits per heavy atom. The number of rotatable bonds is 2. The standard InChI is InChI=1S/C10H12N2O2S/c1-6-5-15-9(11-6)4-7-2-3-8(13)12-10(7)14/h5,7H,2-4H2,1H3,(H,12,13,14). The molecule has 5 heteroatoms. The molecule has 1 fully saturated rings. The molecule has 0 bridgehead atoms. The number of hydrogen-bond acceptors (Lipinski definition) is 4. The Morgan fingerprint density at radius 1 is 1.60 bits per heavy atom. The maximum Gasteiger partial charge on any atom is 0.230 e. The zero-order chi connectivity index (χ0) is 10.8. The number of amides is 2. The Kier molecular flexibility index (Phi) is 2.81. The summed E-state index contributed by atoms with van der Waals surface area (Å²) in [4.78, 5) is 26.7. The van der Waals surface area contributed by atoms with Crippen LogP contribution >= 0.6 is 11.3 Å². The van der Waals surface area contributed by atoms with Gasteiger partial charge in [0.15, 0.2) is 0 Å². The van der Waals surface area contributed by atoms with Crippen molar-refractivity contribution in [3.63, 3.8) is 0 Å². The van der Waals surface area contributed by atoms with Crippen molar-refractivity contribution in [1.29, 1.82) is 0 Å². The first-order valence-electron chi connectivity index (χ1n) is 4.90. The van der Waals surface area contributed by atoms with Crippen LogP contribution in [0.2, 0.25) is 0 Å². The monoisotopic (exact) mass is 224 g/mol. The molecule has 1 N–H and O–H groups in total. The third-order valence-electron chi connectivity index (χ3n) is 2.44. The molecule has 2 heterocycles. The average Bonchev–Trinajstić information content (AvgIpc) is 2.56. The van der Waals surface area contributed by atoms with E-state index in [1.54, 1.807) is 11.3 Å². The van der Waals surface area contributed by atoms with Crippen molar-refractivity contribution in [1.82, 2.24) is 10.3 Å². The molecule has 15 heavy (non-hydrogen) atoms. The number of hydrogen-bond donors (Lipinski definition) is 1. The smallest absolute Gasteiger partial charge is 0.230 e. The van der Waals surface area contributed by atoms with E-state index < -0.39 is 0 Å². The van der Waals surface area contributed by atoms with Crippen LogP contribution in [0.4, 0.5) is 0 Å².